The quantitative estimate of drug-likeness (QED) is 0.749. The molecule has 4 N–H and O–H groups in total. The van der Waals surface area contributed by atoms with Gasteiger partial charge in [-0.05, 0) is 52.8 Å². The molecule has 2 aromatic heterocycles. The minimum absolute atomic E-state index is 0.0566. The van der Waals surface area contributed by atoms with Gasteiger partial charge in [0.05, 0.1) is 6.54 Å². The number of thiophene rings is 1. The Kier molecular flexibility index (Phi) is 5.00. The molecule has 0 unspecified atom stereocenters. The first kappa shape index (κ1) is 15.3. The summed E-state index contributed by atoms with van der Waals surface area (Å²) >= 11 is 6.32. The van der Waals surface area contributed by atoms with Crippen LogP contribution in [0.4, 0.5) is 10.8 Å². The van der Waals surface area contributed by atoms with Gasteiger partial charge in [-0.3, -0.25) is 4.79 Å². The molecule has 0 fully saturated rings. The Morgan fingerprint density at radius 2 is 2.30 bits per heavy atom. The van der Waals surface area contributed by atoms with E-state index in [0.717, 1.165) is 9.35 Å². The fourth-order valence-corrected chi connectivity index (χ4v) is 3.73. The molecule has 0 saturated heterocycles. The predicted octanol–water partition coefficient (Wildman–Crippen LogP) is 3.30. The summed E-state index contributed by atoms with van der Waals surface area (Å²) < 4.78 is 5.11. The summed E-state index contributed by atoms with van der Waals surface area (Å²) in [7, 11) is 0. The van der Waals surface area contributed by atoms with Crippen LogP contribution in [0.15, 0.2) is 15.9 Å². The number of carbonyl (C=O) groups excluding carboxylic acids is 1. The average molecular weight is 375 g/mol. The molecule has 0 aromatic carbocycles. The number of hydrogen-bond acceptors (Lipinski definition) is 6. The fourth-order valence-electron chi connectivity index (χ4n) is 1.59. The molecule has 2 heterocycles. The second-order valence-electron chi connectivity index (χ2n) is 4.45. The Labute approximate surface area is 133 Å². The maximum Gasteiger partial charge on any atom is 0.258 e. The fraction of sp³-hybridized carbons (Fsp3) is 0.333. The third kappa shape index (κ3) is 3.50. The number of amides is 1. The maximum absolute atomic E-state index is 12.1. The number of nitrogens with one attached hydrogen (secondary N) is 2. The SMILES string of the molecule is CC(C)NC(=O)c1c(N)nsc1NCc1sccc1Br. The van der Waals surface area contributed by atoms with E-state index < -0.39 is 0 Å². The van der Waals surface area contributed by atoms with E-state index in [-0.39, 0.29) is 17.8 Å². The van der Waals surface area contributed by atoms with Crippen molar-refractivity contribution in [2.75, 3.05) is 11.1 Å². The van der Waals surface area contributed by atoms with Crippen LogP contribution in [0.2, 0.25) is 0 Å². The smallest absolute Gasteiger partial charge is 0.258 e. The average Bonchev–Trinajstić information content (AvgIpc) is 2.92. The minimum atomic E-state index is -0.195. The van der Waals surface area contributed by atoms with Crippen molar-refractivity contribution in [3.8, 4) is 0 Å². The third-order valence-electron chi connectivity index (χ3n) is 2.47. The first-order chi connectivity index (χ1) is 9.49. The van der Waals surface area contributed by atoms with Gasteiger partial charge in [-0.1, -0.05) is 0 Å². The maximum atomic E-state index is 12.1. The summed E-state index contributed by atoms with van der Waals surface area (Å²) in [5.74, 6) is 0.0693. The normalized spacial score (nSPS) is 10.8. The van der Waals surface area contributed by atoms with Crippen LogP contribution in [0.5, 0.6) is 0 Å². The number of hydrogen-bond donors (Lipinski definition) is 3. The highest BCUT2D eigenvalue weighted by molar-refractivity contribution is 9.10. The highest BCUT2D eigenvalue weighted by Gasteiger charge is 2.19. The van der Waals surface area contributed by atoms with E-state index in [0.29, 0.717) is 17.1 Å². The van der Waals surface area contributed by atoms with Gasteiger partial charge in [0.15, 0.2) is 5.82 Å². The number of halogens is 1. The van der Waals surface area contributed by atoms with Gasteiger partial charge in [0, 0.05) is 15.4 Å². The zero-order chi connectivity index (χ0) is 14.7. The molecule has 0 aliphatic rings. The molecular weight excluding hydrogens is 360 g/mol. The lowest BCUT2D eigenvalue weighted by molar-refractivity contribution is 0.0945. The highest BCUT2D eigenvalue weighted by atomic mass is 79.9. The van der Waals surface area contributed by atoms with Crippen LogP contribution in [0.3, 0.4) is 0 Å². The van der Waals surface area contributed by atoms with Gasteiger partial charge < -0.3 is 16.4 Å². The van der Waals surface area contributed by atoms with Gasteiger partial charge in [0.2, 0.25) is 0 Å². The van der Waals surface area contributed by atoms with E-state index >= 15 is 0 Å². The van der Waals surface area contributed by atoms with Crippen molar-refractivity contribution in [3.63, 3.8) is 0 Å². The molecule has 0 saturated carbocycles. The molecule has 2 rings (SSSR count). The summed E-state index contributed by atoms with van der Waals surface area (Å²) in [6.45, 7) is 4.44. The van der Waals surface area contributed by atoms with Gasteiger partial charge >= 0.3 is 0 Å². The van der Waals surface area contributed by atoms with Crippen LogP contribution in [0, 0.1) is 0 Å². The Morgan fingerprint density at radius 1 is 1.55 bits per heavy atom. The van der Waals surface area contributed by atoms with Gasteiger partial charge in [-0.25, -0.2) is 0 Å². The van der Waals surface area contributed by atoms with Crippen molar-refractivity contribution in [1.82, 2.24) is 9.69 Å². The number of aromatic nitrogens is 1. The lowest BCUT2D eigenvalue weighted by Crippen LogP contribution is -2.30. The Bertz CT molecular complexity index is 608. The predicted molar refractivity (Wildman–Crippen MR) is 88.5 cm³/mol. The number of carbonyl (C=O) groups is 1. The number of nitrogens with two attached hydrogens (primary N) is 1. The summed E-state index contributed by atoms with van der Waals surface area (Å²) in [4.78, 5) is 13.3. The van der Waals surface area contributed by atoms with E-state index in [1.807, 2.05) is 25.3 Å². The van der Waals surface area contributed by atoms with Gasteiger partial charge in [0.25, 0.3) is 5.91 Å². The molecule has 108 valence electrons. The number of nitrogen functional groups attached to an aromatic ring is 1. The van der Waals surface area contributed by atoms with Crippen LogP contribution in [-0.2, 0) is 6.54 Å². The monoisotopic (exact) mass is 374 g/mol. The van der Waals surface area contributed by atoms with Crippen LogP contribution in [0.1, 0.15) is 29.1 Å². The van der Waals surface area contributed by atoms with Gasteiger partial charge in [0.1, 0.15) is 10.6 Å². The van der Waals surface area contributed by atoms with E-state index in [1.165, 1.54) is 11.5 Å². The van der Waals surface area contributed by atoms with Crippen molar-refractivity contribution in [2.45, 2.75) is 26.4 Å². The van der Waals surface area contributed by atoms with Crippen molar-refractivity contribution >= 4 is 55.5 Å². The Hall–Kier alpha value is -1.12. The topological polar surface area (TPSA) is 80.0 Å². The summed E-state index contributed by atoms with van der Waals surface area (Å²) in [5.41, 5.74) is 6.22. The molecule has 0 radical (unpaired) electrons. The zero-order valence-electron chi connectivity index (χ0n) is 11.1. The standard InChI is InChI=1S/C12H15BrN4OS2/c1-6(2)16-11(18)9-10(14)17-20-12(9)15-5-8-7(13)3-4-19-8/h3-4,6,15H,5H2,1-2H3,(H2,14,17)(H,16,18). The molecule has 20 heavy (non-hydrogen) atoms. The van der Waals surface area contributed by atoms with Crippen molar-refractivity contribution in [1.29, 1.82) is 0 Å². The molecule has 8 heteroatoms. The number of anilines is 2. The Balaban J connectivity index is 2.13. The van der Waals surface area contributed by atoms with E-state index in [2.05, 4.69) is 30.9 Å². The first-order valence-electron chi connectivity index (χ1n) is 6.00. The van der Waals surface area contributed by atoms with Crippen LogP contribution < -0.4 is 16.4 Å². The van der Waals surface area contributed by atoms with E-state index in [1.54, 1.807) is 11.3 Å². The Morgan fingerprint density at radius 3 is 2.90 bits per heavy atom. The van der Waals surface area contributed by atoms with Crippen LogP contribution in [-0.4, -0.2) is 16.3 Å². The molecule has 5 nitrogen and oxygen atoms in total. The van der Waals surface area contributed by atoms with Crippen molar-refractivity contribution in [3.05, 3.63) is 26.4 Å². The molecule has 0 aliphatic heterocycles. The molecule has 1 amide bonds. The van der Waals surface area contributed by atoms with E-state index in [9.17, 15) is 4.79 Å². The molecular formula is C12H15BrN4OS2. The number of nitrogens with zero attached hydrogens (tertiary/aromatic N) is 1. The van der Waals surface area contributed by atoms with Crippen LogP contribution in [0.25, 0.3) is 0 Å². The lowest BCUT2D eigenvalue weighted by atomic mass is 10.2. The highest BCUT2D eigenvalue weighted by Crippen LogP contribution is 2.29. The van der Waals surface area contributed by atoms with Crippen molar-refractivity contribution in [2.24, 2.45) is 0 Å². The lowest BCUT2D eigenvalue weighted by Gasteiger charge is -2.10. The van der Waals surface area contributed by atoms with Crippen molar-refractivity contribution < 1.29 is 4.79 Å². The molecule has 2 aromatic rings. The number of rotatable bonds is 5. The molecule has 0 spiro atoms. The van der Waals surface area contributed by atoms with Gasteiger partial charge in [-0.15, -0.1) is 11.3 Å². The summed E-state index contributed by atoms with van der Waals surface area (Å²) in [6.07, 6.45) is 0. The second-order valence-corrected chi connectivity index (χ2v) is 7.07. The first-order valence-corrected chi connectivity index (χ1v) is 8.45. The molecule has 0 aliphatic carbocycles. The van der Waals surface area contributed by atoms with E-state index in [4.69, 9.17) is 5.73 Å². The van der Waals surface area contributed by atoms with Crippen LogP contribution >= 0.6 is 38.8 Å². The minimum Gasteiger partial charge on any atom is -0.382 e. The molecule has 0 bridgehead atoms. The zero-order valence-corrected chi connectivity index (χ0v) is 14.3. The third-order valence-corrected chi connectivity index (χ3v) is 5.21. The summed E-state index contributed by atoms with van der Waals surface area (Å²) in [6, 6.07) is 2.05. The van der Waals surface area contributed by atoms with Gasteiger partial charge in [-0.2, -0.15) is 4.37 Å². The largest absolute Gasteiger partial charge is 0.382 e. The second kappa shape index (κ2) is 6.55. The summed E-state index contributed by atoms with van der Waals surface area (Å²) in [5, 5.41) is 8.76. The molecule has 0 atom stereocenters.